The van der Waals surface area contributed by atoms with Crippen molar-refractivity contribution in [3.8, 4) is 6.07 Å². The Labute approximate surface area is 101 Å². The Morgan fingerprint density at radius 2 is 1.88 bits per heavy atom. The summed E-state index contributed by atoms with van der Waals surface area (Å²) in [6.07, 6.45) is 0. The van der Waals surface area contributed by atoms with E-state index in [1.165, 1.54) is 0 Å². The maximum absolute atomic E-state index is 11.5. The average Bonchev–Trinajstić information content (AvgIpc) is 2.37. The minimum Gasteiger partial charge on any atom is -0.463 e. The lowest BCUT2D eigenvalue weighted by Gasteiger charge is -2.07. The minimum absolute atomic E-state index is 0.297. The highest BCUT2D eigenvalue weighted by atomic mass is 16.5. The van der Waals surface area contributed by atoms with E-state index in [2.05, 4.69) is 6.07 Å². The van der Waals surface area contributed by atoms with E-state index < -0.39 is 0 Å². The van der Waals surface area contributed by atoms with Crippen LogP contribution in [0.4, 0.5) is 0 Å². The minimum atomic E-state index is -0.297. The standard InChI is InChI=1S/C14H15NO2/c1-4-17-14(16)11(3)10(2)13-7-5-12(9-15)6-8-13/h5-8H,4H2,1-3H3. The van der Waals surface area contributed by atoms with Gasteiger partial charge in [-0.3, -0.25) is 0 Å². The number of carbonyl (C=O) groups is 1. The molecule has 0 bridgehead atoms. The predicted octanol–water partition coefficient (Wildman–Crippen LogP) is 2.91. The molecule has 0 heterocycles. The number of hydrogen-bond donors (Lipinski definition) is 0. The number of nitriles is 1. The van der Waals surface area contributed by atoms with Gasteiger partial charge >= 0.3 is 5.97 Å². The number of ether oxygens (including phenoxy) is 1. The summed E-state index contributed by atoms with van der Waals surface area (Å²) in [5.41, 5.74) is 2.99. The normalized spacial score (nSPS) is 11.4. The molecule has 0 saturated carbocycles. The third-order valence-electron chi connectivity index (χ3n) is 2.59. The number of allylic oxidation sites excluding steroid dienone is 1. The van der Waals surface area contributed by atoms with Crippen LogP contribution in [-0.4, -0.2) is 12.6 Å². The molecule has 0 radical (unpaired) electrons. The Morgan fingerprint density at radius 1 is 1.29 bits per heavy atom. The monoisotopic (exact) mass is 229 g/mol. The van der Waals surface area contributed by atoms with Crippen molar-refractivity contribution < 1.29 is 9.53 Å². The summed E-state index contributed by atoms with van der Waals surface area (Å²) < 4.78 is 4.94. The van der Waals surface area contributed by atoms with E-state index in [0.29, 0.717) is 17.7 Å². The number of rotatable bonds is 3. The van der Waals surface area contributed by atoms with Crippen molar-refractivity contribution in [2.24, 2.45) is 0 Å². The van der Waals surface area contributed by atoms with E-state index >= 15 is 0 Å². The molecule has 1 aromatic rings. The van der Waals surface area contributed by atoms with Crippen LogP contribution in [0.15, 0.2) is 29.8 Å². The Morgan fingerprint density at radius 3 is 2.35 bits per heavy atom. The van der Waals surface area contributed by atoms with Crippen molar-refractivity contribution >= 4 is 11.5 Å². The largest absolute Gasteiger partial charge is 0.463 e. The van der Waals surface area contributed by atoms with E-state index in [4.69, 9.17) is 10.00 Å². The van der Waals surface area contributed by atoms with E-state index in [0.717, 1.165) is 11.1 Å². The van der Waals surface area contributed by atoms with Crippen LogP contribution in [0.2, 0.25) is 0 Å². The summed E-state index contributed by atoms with van der Waals surface area (Å²) >= 11 is 0. The van der Waals surface area contributed by atoms with Gasteiger partial charge in [-0.2, -0.15) is 5.26 Å². The van der Waals surface area contributed by atoms with Gasteiger partial charge in [-0.25, -0.2) is 4.79 Å². The van der Waals surface area contributed by atoms with Gasteiger partial charge in [0.2, 0.25) is 0 Å². The fourth-order valence-electron chi connectivity index (χ4n) is 1.40. The molecule has 0 aromatic heterocycles. The zero-order valence-corrected chi connectivity index (χ0v) is 10.3. The van der Waals surface area contributed by atoms with Crippen LogP contribution in [0.5, 0.6) is 0 Å². The van der Waals surface area contributed by atoms with Crippen LogP contribution in [0, 0.1) is 11.3 Å². The van der Waals surface area contributed by atoms with Gasteiger partial charge in [0.15, 0.2) is 0 Å². The Kier molecular flexibility index (Phi) is 4.47. The van der Waals surface area contributed by atoms with Gasteiger partial charge in [-0.1, -0.05) is 12.1 Å². The average molecular weight is 229 g/mol. The molecular formula is C14H15NO2. The zero-order chi connectivity index (χ0) is 12.8. The van der Waals surface area contributed by atoms with Crippen molar-refractivity contribution in [1.29, 1.82) is 5.26 Å². The van der Waals surface area contributed by atoms with Gasteiger partial charge in [0.25, 0.3) is 0 Å². The fourth-order valence-corrected chi connectivity index (χ4v) is 1.40. The van der Waals surface area contributed by atoms with Gasteiger partial charge in [-0.05, 0) is 44.0 Å². The van der Waals surface area contributed by atoms with E-state index in [9.17, 15) is 4.79 Å². The molecule has 88 valence electrons. The Bertz CT molecular complexity index is 478. The lowest BCUT2D eigenvalue weighted by molar-refractivity contribution is -0.138. The summed E-state index contributed by atoms with van der Waals surface area (Å²) in [6, 6.07) is 9.18. The van der Waals surface area contributed by atoms with Crippen molar-refractivity contribution in [1.82, 2.24) is 0 Å². The second kappa shape index (κ2) is 5.86. The molecule has 0 spiro atoms. The maximum Gasteiger partial charge on any atom is 0.333 e. The second-order valence-electron chi connectivity index (χ2n) is 3.66. The number of nitrogens with zero attached hydrogens (tertiary/aromatic N) is 1. The molecule has 0 fully saturated rings. The van der Waals surface area contributed by atoms with Crippen LogP contribution in [-0.2, 0) is 9.53 Å². The molecule has 0 N–H and O–H groups in total. The summed E-state index contributed by atoms with van der Waals surface area (Å²) in [5.74, 6) is -0.297. The van der Waals surface area contributed by atoms with Crippen LogP contribution < -0.4 is 0 Å². The molecular weight excluding hydrogens is 214 g/mol. The number of benzene rings is 1. The summed E-state index contributed by atoms with van der Waals surface area (Å²) in [7, 11) is 0. The molecule has 3 heteroatoms. The van der Waals surface area contributed by atoms with E-state index in [-0.39, 0.29) is 5.97 Å². The molecule has 0 unspecified atom stereocenters. The molecule has 0 aliphatic rings. The molecule has 0 aliphatic carbocycles. The van der Waals surface area contributed by atoms with Crippen LogP contribution in [0.25, 0.3) is 5.57 Å². The molecule has 0 atom stereocenters. The maximum atomic E-state index is 11.5. The molecule has 3 nitrogen and oxygen atoms in total. The SMILES string of the molecule is CCOC(=O)C(C)=C(C)c1ccc(C#N)cc1. The molecule has 17 heavy (non-hydrogen) atoms. The van der Waals surface area contributed by atoms with E-state index in [1.54, 1.807) is 26.0 Å². The lowest BCUT2D eigenvalue weighted by atomic mass is 10.0. The van der Waals surface area contributed by atoms with Gasteiger partial charge in [0.1, 0.15) is 0 Å². The van der Waals surface area contributed by atoms with Crippen LogP contribution in [0.3, 0.4) is 0 Å². The highest BCUT2D eigenvalue weighted by molar-refractivity contribution is 5.96. The number of esters is 1. The van der Waals surface area contributed by atoms with Gasteiger partial charge in [-0.15, -0.1) is 0 Å². The number of hydrogen-bond acceptors (Lipinski definition) is 3. The first-order valence-electron chi connectivity index (χ1n) is 5.45. The molecule has 1 aromatic carbocycles. The predicted molar refractivity (Wildman–Crippen MR) is 66.1 cm³/mol. The summed E-state index contributed by atoms with van der Waals surface area (Å²) in [4.78, 5) is 11.5. The molecule has 1 rings (SSSR count). The van der Waals surface area contributed by atoms with Gasteiger partial charge in [0.05, 0.1) is 18.2 Å². The van der Waals surface area contributed by atoms with E-state index in [1.807, 2.05) is 19.1 Å². The van der Waals surface area contributed by atoms with Crippen molar-refractivity contribution in [3.63, 3.8) is 0 Å². The van der Waals surface area contributed by atoms with Crippen molar-refractivity contribution in [3.05, 3.63) is 41.0 Å². The van der Waals surface area contributed by atoms with Gasteiger partial charge in [0, 0.05) is 5.57 Å². The first-order valence-corrected chi connectivity index (χ1v) is 5.45. The highest BCUT2D eigenvalue weighted by Gasteiger charge is 2.09. The van der Waals surface area contributed by atoms with Crippen LogP contribution >= 0.6 is 0 Å². The summed E-state index contributed by atoms with van der Waals surface area (Å²) in [5, 5.41) is 8.70. The molecule has 0 amide bonds. The molecule has 0 saturated heterocycles. The van der Waals surface area contributed by atoms with Gasteiger partial charge < -0.3 is 4.74 Å². The second-order valence-corrected chi connectivity index (χ2v) is 3.66. The first kappa shape index (κ1) is 13.0. The first-order chi connectivity index (χ1) is 8.10. The quantitative estimate of drug-likeness (QED) is 0.591. The fraction of sp³-hybridized carbons (Fsp3) is 0.286. The number of carbonyl (C=O) groups excluding carboxylic acids is 1. The lowest BCUT2D eigenvalue weighted by Crippen LogP contribution is -2.06. The van der Waals surface area contributed by atoms with Crippen molar-refractivity contribution in [2.75, 3.05) is 6.61 Å². The van der Waals surface area contributed by atoms with Crippen molar-refractivity contribution in [2.45, 2.75) is 20.8 Å². The zero-order valence-electron chi connectivity index (χ0n) is 10.3. The summed E-state index contributed by atoms with van der Waals surface area (Å²) in [6.45, 7) is 5.76. The third kappa shape index (κ3) is 3.18. The third-order valence-corrected chi connectivity index (χ3v) is 2.59. The Balaban J connectivity index is 3.02. The smallest absolute Gasteiger partial charge is 0.333 e. The molecule has 0 aliphatic heterocycles. The Hall–Kier alpha value is -2.08. The van der Waals surface area contributed by atoms with Crippen LogP contribution in [0.1, 0.15) is 31.9 Å². The highest BCUT2D eigenvalue weighted by Crippen LogP contribution is 2.19. The topological polar surface area (TPSA) is 50.1 Å².